The van der Waals surface area contributed by atoms with Crippen LogP contribution in [-0.4, -0.2) is 45.6 Å². The summed E-state index contributed by atoms with van der Waals surface area (Å²) < 4.78 is 7.32. The minimum absolute atomic E-state index is 0.296. The summed E-state index contributed by atoms with van der Waals surface area (Å²) in [6.45, 7) is 6.85. The number of rotatable bonds is 2. The highest BCUT2D eigenvalue weighted by molar-refractivity contribution is 5.25. The molecule has 1 aromatic heterocycles. The molecule has 0 spiro atoms. The molecule has 1 aromatic rings. The fourth-order valence-corrected chi connectivity index (χ4v) is 2.54. The molecule has 6 nitrogen and oxygen atoms in total. The first-order valence-corrected chi connectivity index (χ1v) is 7.53. The van der Waals surface area contributed by atoms with Crippen molar-refractivity contribution < 1.29 is 9.84 Å². The van der Waals surface area contributed by atoms with Gasteiger partial charge < -0.3 is 9.84 Å². The van der Waals surface area contributed by atoms with Gasteiger partial charge in [0, 0.05) is 26.3 Å². The standard InChI is InChI=1S/C16H24N4O2/c1-16(2)5-7-20(11-14-4-6-18-19(14)3)8-9-22-12-13(10-17)15(16)21/h4,6,12,15,21H,5,7-9,11H2,1-3H3/b13-12-. The lowest BCUT2D eigenvalue weighted by atomic mass is 9.80. The van der Waals surface area contributed by atoms with Crippen LogP contribution >= 0.6 is 0 Å². The van der Waals surface area contributed by atoms with Gasteiger partial charge in [-0.05, 0) is 24.4 Å². The number of aliphatic hydroxyl groups is 1. The molecule has 1 aliphatic rings. The molecule has 2 heterocycles. The van der Waals surface area contributed by atoms with Gasteiger partial charge in [0.15, 0.2) is 0 Å². The molecule has 0 fully saturated rings. The Morgan fingerprint density at radius 1 is 1.50 bits per heavy atom. The van der Waals surface area contributed by atoms with Crippen molar-refractivity contribution in [1.29, 1.82) is 5.26 Å². The third-order valence-corrected chi connectivity index (χ3v) is 4.28. The van der Waals surface area contributed by atoms with Crippen LogP contribution in [0.15, 0.2) is 24.1 Å². The molecule has 0 radical (unpaired) electrons. The Hall–Kier alpha value is -1.84. The lowest BCUT2D eigenvalue weighted by Gasteiger charge is -2.34. The molecule has 0 amide bonds. The van der Waals surface area contributed by atoms with E-state index in [1.807, 2.05) is 37.7 Å². The van der Waals surface area contributed by atoms with Gasteiger partial charge in [0.1, 0.15) is 12.7 Å². The number of aryl methyl sites for hydroxylation is 1. The first-order valence-electron chi connectivity index (χ1n) is 7.53. The zero-order valence-corrected chi connectivity index (χ0v) is 13.5. The fourth-order valence-electron chi connectivity index (χ4n) is 2.54. The molecule has 6 heteroatoms. The van der Waals surface area contributed by atoms with Crippen molar-refractivity contribution in [2.75, 3.05) is 19.7 Å². The Morgan fingerprint density at radius 3 is 2.91 bits per heavy atom. The van der Waals surface area contributed by atoms with E-state index in [2.05, 4.69) is 10.00 Å². The molecule has 1 aliphatic heterocycles. The second-order valence-electron chi connectivity index (χ2n) is 6.42. The van der Waals surface area contributed by atoms with Crippen LogP contribution in [0.25, 0.3) is 0 Å². The topological polar surface area (TPSA) is 74.3 Å². The van der Waals surface area contributed by atoms with E-state index < -0.39 is 6.10 Å². The molecular weight excluding hydrogens is 280 g/mol. The van der Waals surface area contributed by atoms with E-state index in [9.17, 15) is 5.11 Å². The Labute approximate surface area is 131 Å². The summed E-state index contributed by atoms with van der Waals surface area (Å²) in [5, 5.41) is 23.7. The summed E-state index contributed by atoms with van der Waals surface area (Å²) in [6, 6.07) is 4.05. The maximum absolute atomic E-state index is 10.4. The van der Waals surface area contributed by atoms with E-state index in [0.717, 1.165) is 31.7 Å². The summed E-state index contributed by atoms with van der Waals surface area (Å²) in [5.74, 6) is 0. The lowest BCUT2D eigenvalue weighted by molar-refractivity contribution is 0.0523. The Kier molecular flexibility index (Phi) is 5.22. The molecule has 0 aliphatic carbocycles. The van der Waals surface area contributed by atoms with Crippen molar-refractivity contribution in [3.8, 4) is 6.07 Å². The molecule has 1 N–H and O–H groups in total. The number of aliphatic hydroxyl groups excluding tert-OH is 1. The lowest BCUT2D eigenvalue weighted by Crippen LogP contribution is -2.37. The number of nitrogens with zero attached hydrogens (tertiary/aromatic N) is 4. The van der Waals surface area contributed by atoms with Crippen LogP contribution < -0.4 is 0 Å². The summed E-state index contributed by atoms with van der Waals surface area (Å²) in [7, 11) is 1.93. The molecule has 0 bridgehead atoms. The second kappa shape index (κ2) is 6.95. The predicted molar refractivity (Wildman–Crippen MR) is 82.5 cm³/mol. The van der Waals surface area contributed by atoms with Crippen LogP contribution in [0.2, 0.25) is 0 Å². The fraction of sp³-hybridized carbons (Fsp3) is 0.625. The van der Waals surface area contributed by atoms with Gasteiger partial charge in [0.05, 0.1) is 23.6 Å². The highest BCUT2D eigenvalue weighted by Crippen LogP contribution is 2.30. The SMILES string of the molecule is Cn1nccc1CN1CCO/C=C(/C#N)C(O)C(C)(C)CC1. The van der Waals surface area contributed by atoms with Crippen molar-refractivity contribution in [3.05, 3.63) is 29.8 Å². The maximum atomic E-state index is 10.4. The Morgan fingerprint density at radius 2 is 2.27 bits per heavy atom. The van der Waals surface area contributed by atoms with Crippen LogP contribution in [0, 0.1) is 16.7 Å². The predicted octanol–water partition coefficient (Wildman–Crippen LogP) is 1.44. The van der Waals surface area contributed by atoms with Gasteiger partial charge in [-0.25, -0.2) is 0 Å². The van der Waals surface area contributed by atoms with Gasteiger partial charge in [0.2, 0.25) is 0 Å². The van der Waals surface area contributed by atoms with E-state index in [0.29, 0.717) is 12.2 Å². The molecule has 2 rings (SSSR count). The highest BCUT2D eigenvalue weighted by atomic mass is 16.5. The monoisotopic (exact) mass is 304 g/mol. The summed E-state index contributed by atoms with van der Waals surface area (Å²) in [5.41, 5.74) is 1.06. The summed E-state index contributed by atoms with van der Waals surface area (Å²) in [6.07, 6.45) is 3.18. The van der Waals surface area contributed by atoms with E-state index in [1.165, 1.54) is 6.26 Å². The highest BCUT2D eigenvalue weighted by Gasteiger charge is 2.32. The number of nitriles is 1. The average Bonchev–Trinajstić information content (AvgIpc) is 2.88. The Bertz CT molecular complexity index is 571. The molecule has 22 heavy (non-hydrogen) atoms. The van der Waals surface area contributed by atoms with E-state index in [1.54, 1.807) is 6.20 Å². The van der Waals surface area contributed by atoms with E-state index >= 15 is 0 Å². The third kappa shape index (κ3) is 3.87. The molecule has 1 unspecified atom stereocenters. The number of hydrogen-bond donors (Lipinski definition) is 1. The minimum Gasteiger partial charge on any atom is -0.499 e. The number of aromatic nitrogens is 2. The van der Waals surface area contributed by atoms with Crippen molar-refractivity contribution in [3.63, 3.8) is 0 Å². The van der Waals surface area contributed by atoms with Crippen molar-refractivity contribution in [2.45, 2.75) is 32.9 Å². The molecule has 0 aromatic carbocycles. The van der Waals surface area contributed by atoms with Crippen molar-refractivity contribution >= 4 is 0 Å². The van der Waals surface area contributed by atoms with Gasteiger partial charge in [-0.2, -0.15) is 10.4 Å². The maximum Gasteiger partial charge on any atom is 0.101 e. The normalized spacial score (nSPS) is 25.6. The Balaban J connectivity index is 2.11. The van der Waals surface area contributed by atoms with E-state index in [4.69, 9.17) is 10.00 Å². The van der Waals surface area contributed by atoms with Gasteiger partial charge in [-0.15, -0.1) is 0 Å². The zero-order chi connectivity index (χ0) is 16.2. The summed E-state index contributed by atoms with van der Waals surface area (Å²) in [4.78, 5) is 2.29. The van der Waals surface area contributed by atoms with Crippen molar-refractivity contribution in [1.82, 2.24) is 14.7 Å². The minimum atomic E-state index is -0.811. The quantitative estimate of drug-likeness (QED) is 0.895. The average molecular weight is 304 g/mol. The first kappa shape index (κ1) is 16.5. The third-order valence-electron chi connectivity index (χ3n) is 4.28. The van der Waals surface area contributed by atoms with Gasteiger partial charge in [-0.1, -0.05) is 13.8 Å². The van der Waals surface area contributed by atoms with Crippen LogP contribution in [-0.2, 0) is 18.3 Å². The van der Waals surface area contributed by atoms with Crippen molar-refractivity contribution in [2.24, 2.45) is 12.5 Å². The number of hydrogen-bond acceptors (Lipinski definition) is 5. The molecule has 1 atom stereocenters. The van der Waals surface area contributed by atoms with Crippen LogP contribution in [0.4, 0.5) is 0 Å². The molecule has 120 valence electrons. The van der Waals surface area contributed by atoms with Gasteiger partial charge in [0.25, 0.3) is 0 Å². The molecule has 0 saturated heterocycles. The van der Waals surface area contributed by atoms with Crippen LogP contribution in [0.1, 0.15) is 26.0 Å². The second-order valence-corrected chi connectivity index (χ2v) is 6.42. The zero-order valence-electron chi connectivity index (χ0n) is 13.5. The molecular formula is C16H24N4O2. The summed E-state index contributed by atoms with van der Waals surface area (Å²) >= 11 is 0. The van der Waals surface area contributed by atoms with Gasteiger partial charge >= 0.3 is 0 Å². The smallest absolute Gasteiger partial charge is 0.101 e. The van der Waals surface area contributed by atoms with Crippen LogP contribution in [0.5, 0.6) is 0 Å². The molecule has 0 saturated carbocycles. The van der Waals surface area contributed by atoms with E-state index in [-0.39, 0.29) is 5.41 Å². The van der Waals surface area contributed by atoms with Gasteiger partial charge in [-0.3, -0.25) is 9.58 Å². The van der Waals surface area contributed by atoms with Crippen LogP contribution in [0.3, 0.4) is 0 Å². The largest absolute Gasteiger partial charge is 0.499 e. The first-order chi connectivity index (χ1) is 10.4. The number of ether oxygens (including phenoxy) is 1.